The van der Waals surface area contributed by atoms with Gasteiger partial charge in [0.05, 0.1) is 11.8 Å². The summed E-state index contributed by atoms with van der Waals surface area (Å²) in [5.74, 6) is -1.37. The lowest BCUT2D eigenvalue weighted by Gasteiger charge is -2.46. The van der Waals surface area contributed by atoms with Crippen LogP contribution >= 0.6 is 0 Å². The van der Waals surface area contributed by atoms with Crippen LogP contribution in [0.5, 0.6) is 0 Å². The molecule has 0 radical (unpaired) electrons. The number of hydrogen-bond donors (Lipinski definition) is 0. The second kappa shape index (κ2) is 3.21. The summed E-state index contributed by atoms with van der Waals surface area (Å²) in [6.07, 6.45) is 0. The van der Waals surface area contributed by atoms with Crippen LogP contribution in [-0.2, 0) is 14.3 Å². The molecule has 0 bridgehead atoms. The molecule has 0 N–H and O–H groups in total. The van der Waals surface area contributed by atoms with Crippen molar-refractivity contribution in [2.45, 2.75) is 41.5 Å². The summed E-state index contributed by atoms with van der Waals surface area (Å²) in [7, 11) is 0. The van der Waals surface area contributed by atoms with E-state index in [1.54, 1.807) is 0 Å². The highest BCUT2D eigenvalue weighted by atomic mass is 16.6. The molecule has 1 fully saturated rings. The van der Waals surface area contributed by atoms with Gasteiger partial charge in [-0.2, -0.15) is 0 Å². The summed E-state index contributed by atoms with van der Waals surface area (Å²) in [6, 6.07) is 0. The van der Waals surface area contributed by atoms with Crippen molar-refractivity contribution in [3.63, 3.8) is 0 Å². The molecular weight excluding hydrogens is 216 g/mol. The van der Waals surface area contributed by atoms with E-state index in [4.69, 9.17) is 4.74 Å². The summed E-state index contributed by atoms with van der Waals surface area (Å²) < 4.78 is 4.78. The second-order valence-corrected chi connectivity index (χ2v) is 7.02. The average molecular weight is 236 g/mol. The zero-order valence-corrected chi connectivity index (χ0v) is 11.4. The Morgan fingerprint density at radius 3 is 1.29 bits per heavy atom. The molecule has 0 aromatic heterocycles. The first-order valence-corrected chi connectivity index (χ1v) is 6.05. The molecule has 0 aromatic rings. The van der Waals surface area contributed by atoms with Crippen molar-refractivity contribution in [1.82, 2.24) is 0 Å². The van der Waals surface area contributed by atoms with Gasteiger partial charge in [-0.3, -0.25) is 9.59 Å². The highest BCUT2D eigenvalue weighted by molar-refractivity contribution is 6.03. The zero-order chi connectivity index (χ0) is 13.2. The molecule has 0 spiro atoms. The van der Waals surface area contributed by atoms with Crippen molar-refractivity contribution < 1.29 is 14.3 Å². The first-order chi connectivity index (χ1) is 7.55. The first kappa shape index (κ1) is 12.3. The smallest absolute Gasteiger partial charge is 0.321 e. The topological polar surface area (TPSA) is 43.4 Å². The third-order valence-corrected chi connectivity index (χ3v) is 3.57. The quantitative estimate of drug-likeness (QED) is 0.369. The Balaban J connectivity index is 2.57. The number of ether oxygens (including phenoxy) is 1. The maximum atomic E-state index is 11.7. The lowest BCUT2D eigenvalue weighted by Crippen LogP contribution is -2.43. The zero-order valence-electron chi connectivity index (χ0n) is 11.4. The Kier molecular flexibility index (Phi) is 2.33. The molecule has 17 heavy (non-hydrogen) atoms. The van der Waals surface area contributed by atoms with Gasteiger partial charge < -0.3 is 4.74 Å². The standard InChI is InChI=1S/C14H20O3/c1-13(2,3)9-7-8(10(9)14(4,5)6)12(16)17-11(7)15/h7-8H,1-6H3/t7-,8-/m0/s1. The minimum absolute atomic E-state index is 0.0899. The van der Waals surface area contributed by atoms with Gasteiger partial charge in [0.25, 0.3) is 0 Å². The molecule has 0 amide bonds. The van der Waals surface area contributed by atoms with Gasteiger partial charge in [0.15, 0.2) is 0 Å². The monoisotopic (exact) mass is 236 g/mol. The number of carbonyl (C=O) groups excluding carboxylic acids is 2. The molecule has 1 aliphatic heterocycles. The van der Waals surface area contributed by atoms with Gasteiger partial charge >= 0.3 is 11.9 Å². The van der Waals surface area contributed by atoms with Gasteiger partial charge in [-0.1, -0.05) is 41.5 Å². The van der Waals surface area contributed by atoms with Crippen LogP contribution in [0.2, 0.25) is 0 Å². The van der Waals surface area contributed by atoms with Gasteiger partial charge in [-0.05, 0) is 22.0 Å². The molecule has 0 aromatic carbocycles. The van der Waals surface area contributed by atoms with Gasteiger partial charge in [0.2, 0.25) is 0 Å². The maximum Gasteiger partial charge on any atom is 0.321 e. The second-order valence-electron chi connectivity index (χ2n) is 7.02. The van der Waals surface area contributed by atoms with Crippen molar-refractivity contribution in [3.8, 4) is 0 Å². The van der Waals surface area contributed by atoms with E-state index >= 15 is 0 Å². The highest BCUT2D eigenvalue weighted by Crippen LogP contribution is 2.58. The number of cyclic esters (lactones) is 2. The molecule has 0 unspecified atom stereocenters. The Morgan fingerprint density at radius 1 is 0.765 bits per heavy atom. The minimum atomic E-state index is -0.363. The van der Waals surface area contributed by atoms with E-state index in [0.717, 1.165) is 11.1 Å². The average Bonchev–Trinajstić information content (AvgIpc) is 2.13. The van der Waals surface area contributed by atoms with E-state index < -0.39 is 0 Å². The number of esters is 2. The van der Waals surface area contributed by atoms with Crippen LogP contribution < -0.4 is 0 Å². The van der Waals surface area contributed by atoms with Crippen molar-refractivity contribution >= 4 is 11.9 Å². The van der Waals surface area contributed by atoms with E-state index in [-0.39, 0.29) is 34.6 Å². The van der Waals surface area contributed by atoms with Crippen LogP contribution in [0.4, 0.5) is 0 Å². The molecule has 1 heterocycles. The van der Waals surface area contributed by atoms with E-state index in [9.17, 15) is 9.59 Å². The third-order valence-electron chi connectivity index (χ3n) is 3.57. The Hall–Kier alpha value is -1.12. The number of rotatable bonds is 0. The van der Waals surface area contributed by atoms with Gasteiger partial charge in [-0.25, -0.2) is 0 Å². The van der Waals surface area contributed by atoms with Crippen LogP contribution in [0.25, 0.3) is 0 Å². The Morgan fingerprint density at radius 2 is 1.06 bits per heavy atom. The van der Waals surface area contributed by atoms with Gasteiger partial charge in [-0.15, -0.1) is 0 Å². The van der Waals surface area contributed by atoms with Gasteiger partial charge in [0.1, 0.15) is 0 Å². The van der Waals surface area contributed by atoms with Gasteiger partial charge in [0, 0.05) is 0 Å². The molecule has 2 atom stereocenters. The fraction of sp³-hybridized carbons (Fsp3) is 0.714. The Bertz CT molecular complexity index is 389. The minimum Gasteiger partial charge on any atom is -0.392 e. The fourth-order valence-corrected chi connectivity index (χ4v) is 3.05. The molecule has 1 aliphatic carbocycles. The van der Waals surface area contributed by atoms with E-state index in [2.05, 4.69) is 41.5 Å². The van der Waals surface area contributed by atoms with E-state index in [0.29, 0.717) is 0 Å². The lowest BCUT2D eigenvalue weighted by molar-refractivity contribution is -0.153. The van der Waals surface area contributed by atoms with Crippen LogP contribution in [0.15, 0.2) is 11.1 Å². The Labute approximate surface area is 102 Å². The normalized spacial score (nSPS) is 29.1. The predicted octanol–water partition coefficient (Wildman–Crippen LogP) is 2.70. The highest BCUT2D eigenvalue weighted by Gasteiger charge is 2.60. The fourth-order valence-electron chi connectivity index (χ4n) is 3.05. The predicted molar refractivity (Wildman–Crippen MR) is 64.0 cm³/mol. The molecular formula is C14H20O3. The summed E-state index contributed by atoms with van der Waals surface area (Å²) in [4.78, 5) is 23.4. The number of fused-ring (bicyclic) bond motifs is 1. The number of carbonyl (C=O) groups is 2. The molecule has 1 saturated heterocycles. The van der Waals surface area contributed by atoms with Crippen molar-refractivity contribution in [1.29, 1.82) is 0 Å². The molecule has 2 rings (SSSR count). The van der Waals surface area contributed by atoms with Crippen molar-refractivity contribution in [2.75, 3.05) is 0 Å². The molecule has 2 aliphatic rings. The molecule has 94 valence electrons. The largest absolute Gasteiger partial charge is 0.392 e. The van der Waals surface area contributed by atoms with E-state index in [1.807, 2.05) is 0 Å². The lowest BCUT2D eigenvalue weighted by atomic mass is 9.55. The van der Waals surface area contributed by atoms with Crippen LogP contribution in [0.3, 0.4) is 0 Å². The third kappa shape index (κ3) is 1.63. The summed E-state index contributed by atoms with van der Waals surface area (Å²) >= 11 is 0. The van der Waals surface area contributed by atoms with Crippen LogP contribution in [0, 0.1) is 22.7 Å². The molecule has 3 nitrogen and oxygen atoms in total. The first-order valence-electron chi connectivity index (χ1n) is 6.05. The van der Waals surface area contributed by atoms with E-state index in [1.165, 1.54) is 0 Å². The number of hydrogen-bond acceptors (Lipinski definition) is 3. The summed E-state index contributed by atoms with van der Waals surface area (Å²) in [5.41, 5.74) is 2.03. The molecule has 0 saturated carbocycles. The van der Waals surface area contributed by atoms with Crippen LogP contribution in [0.1, 0.15) is 41.5 Å². The SMILES string of the molecule is CC(C)(C)C1=C(C(C)(C)C)[C@H]2C(=O)OC(=O)[C@H]12. The van der Waals surface area contributed by atoms with Crippen LogP contribution in [-0.4, -0.2) is 11.9 Å². The summed E-state index contributed by atoms with van der Waals surface area (Å²) in [5, 5.41) is 0. The van der Waals surface area contributed by atoms with Crippen molar-refractivity contribution in [3.05, 3.63) is 11.1 Å². The molecule has 3 heteroatoms. The van der Waals surface area contributed by atoms with Crippen molar-refractivity contribution in [2.24, 2.45) is 22.7 Å². The maximum absolute atomic E-state index is 11.7. The summed E-state index contributed by atoms with van der Waals surface area (Å²) in [6.45, 7) is 12.5.